The van der Waals surface area contributed by atoms with E-state index < -0.39 is 5.97 Å². The van der Waals surface area contributed by atoms with Crippen LogP contribution in [0, 0.1) is 35.5 Å². The third-order valence-corrected chi connectivity index (χ3v) is 7.85. The number of esters is 1. The molecule has 2 aromatic rings. The van der Waals surface area contributed by atoms with Crippen molar-refractivity contribution < 1.29 is 23.9 Å². The van der Waals surface area contributed by atoms with Crippen LogP contribution in [0.3, 0.4) is 0 Å². The summed E-state index contributed by atoms with van der Waals surface area (Å²) in [7, 11) is 0. The number of benzene rings is 2. The van der Waals surface area contributed by atoms with Crippen molar-refractivity contribution in [3.05, 3.63) is 71.8 Å². The highest BCUT2D eigenvalue weighted by atomic mass is 16.5. The van der Waals surface area contributed by atoms with Gasteiger partial charge in [0.15, 0.2) is 0 Å². The Bertz CT molecular complexity index is 1230. The number of amides is 3. The van der Waals surface area contributed by atoms with Gasteiger partial charge < -0.3 is 10.1 Å². The zero-order chi connectivity index (χ0) is 24.3. The van der Waals surface area contributed by atoms with Gasteiger partial charge in [0, 0.05) is 11.3 Å². The van der Waals surface area contributed by atoms with Crippen LogP contribution >= 0.6 is 0 Å². The zero-order valence-corrected chi connectivity index (χ0v) is 19.3. The first-order chi connectivity index (χ1) is 17.0. The van der Waals surface area contributed by atoms with Gasteiger partial charge in [-0.25, -0.2) is 9.69 Å². The van der Waals surface area contributed by atoms with Gasteiger partial charge in [-0.15, -0.1) is 0 Å². The minimum Gasteiger partial charge on any atom is -0.462 e. The van der Waals surface area contributed by atoms with E-state index >= 15 is 0 Å². The molecule has 1 N–H and O–H groups in total. The maximum atomic E-state index is 13.4. The van der Waals surface area contributed by atoms with Crippen LogP contribution in [0.5, 0.6) is 0 Å². The molecule has 35 heavy (non-hydrogen) atoms. The normalized spacial score (nSPS) is 29.6. The number of carbonyl (C=O) groups is 4. The van der Waals surface area contributed by atoms with Gasteiger partial charge in [0.05, 0.1) is 29.7 Å². The summed E-state index contributed by atoms with van der Waals surface area (Å²) in [5.74, 6) is -0.218. The molecule has 4 aliphatic carbocycles. The Kier molecular flexibility index (Phi) is 5.09. The van der Waals surface area contributed by atoms with E-state index in [0.29, 0.717) is 40.9 Å². The molecule has 7 nitrogen and oxygen atoms in total. The average molecular weight is 471 g/mol. The summed E-state index contributed by atoms with van der Waals surface area (Å²) in [6, 6.07) is 13.1. The van der Waals surface area contributed by atoms with Crippen molar-refractivity contribution in [1.82, 2.24) is 0 Å². The lowest BCUT2D eigenvalue weighted by Gasteiger charge is -2.37. The van der Waals surface area contributed by atoms with Crippen LogP contribution in [0.4, 0.5) is 11.4 Å². The zero-order valence-electron chi connectivity index (χ0n) is 19.3. The first-order valence-electron chi connectivity index (χ1n) is 12.2. The fourth-order valence-corrected chi connectivity index (χ4v) is 6.17. The van der Waals surface area contributed by atoms with E-state index in [9.17, 15) is 19.2 Å². The van der Waals surface area contributed by atoms with Crippen LogP contribution in [0.2, 0.25) is 0 Å². The predicted molar refractivity (Wildman–Crippen MR) is 129 cm³/mol. The molecular formula is C28H26N2O5. The van der Waals surface area contributed by atoms with Gasteiger partial charge in [-0.2, -0.15) is 0 Å². The fraction of sp³-hybridized carbons (Fsp3) is 0.357. The molecule has 0 spiro atoms. The van der Waals surface area contributed by atoms with Gasteiger partial charge in [0.1, 0.15) is 0 Å². The standard InChI is InChI=1S/C28H26N2O5/c1-2-12-35-28(34)15-6-8-17(9-7-15)29-25(31)16-4-3-5-18(13-16)30-26(32)23-19-10-11-20(22-14-21(19)22)24(23)27(30)33/h3-11,13,19-24H,2,12,14H2,1H3,(H,29,31)/t19-,20-,21-,22-,23+,24+/m1/s1. The Morgan fingerprint density at radius 3 is 2.23 bits per heavy atom. The largest absolute Gasteiger partial charge is 0.462 e. The predicted octanol–water partition coefficient (Wildman–Crippen LogP) is 4.06. The van der Waals surface area contributed by atoms with E-state index in [1.54, 1.807) is 48.5 Å². The van der Waals surface area contributed by atoms with Crippen LogP contribution in [0.1, 0.15) is 40.5 Å². The molecule has 2 aromatic carbocycles. The average Bonchev–Trinajstić information content (AvgIpc) is 3.66. The number of rotatable bonds is 6. The van der Waals surface area contributed by atoms with Crippen molar-refractivity contribution in [3.63, 3.8) is 0 Å². The van der Waals surface area contributed by atoms with Crippen LogP contribution in [-0.4, -0.2) is 30.3 Å². The van der Waals surface area contributed by atoms with Gasteiger partial charge in [-0.05, 0) is 79.0 Å². The van der Waals surface area contributed by atoms with Crippen molar-refractivity contribution in [2.24, 2.45) is 35.5 Å². The van der Waals surface area contributed by atoms with Crippen LogP contribution < -0.4 is 10.2 Å². The highest BCUT2D eigenvalue weighted by molar-refractivity contribution is 6.23. The summed E-state index contributed by atoms with van der Waals surface area (Å²) in [6.45, 7) is 2.28. The summed E-state index contributed by atoms with van der Waals surface area (Å²) < 4.78 is 5.12. The molecular weight excluding hydrogens is 444 g/mol. The van der Waals surface area contributed by atoms with E-state index in [-0.39, 0.29) is 41.4 Å². The number of allylic oxidation sites excluding steroid dienone is 2. The number of anilines is 2. The van der Waals surface area contributed by atoms with Crippen molar-refractivity contribution in [1.29, 1.82) is 0 Å². The number of hydrogen-bond donors (Lipinski definition) is 1. The third-order valence-electron chi connectivity index (χ3n) is 7.85. The Hall–Kier alpha value is -3.74. The number of nitrogens with zero attached hydrogens (tertiary/aromatic N) is 1. The van der Waals surface area contributed by atoms with E-state index in [2.05, 4.69) is 17.5 Å². The fourth-order valence-electron chi connectivity index (χ4n) is 6.17. The quantitative estimate of drug-likeness (QED) is 0.390. The summed E-state index contributed by atoms with van der Waals surface area (Å²) in [4.78, 5) is 52.9. The van der Waals surface area contributed by atoms with Gasteiger partial charge in [0.25, 0.3) is 5.91 Å². The third kappa shape index (κ3) is 3.49. The molecule has 0 aromatic heterocycles. The molecule has 178 valence electrons. The minimum atomic E-state index is -0.404. The molecule has 1 heterocycles. The lowest BCUT2D eigenvalue weighted by molar-refractivity contribution is -0.124. The van der Waals surface area contributed by atoms with Gasteiger partial charge >= 0.3 is 5.97 Å². The SMILES string of the molecule is CCCOC(=O)c1ccc(NC(=O)c2cccc(N3C(=O)[C@H]4[C@@H]5C=C[C@H]([C@H]6C[C@H]56)[C@@H]4C3=O)c2)cc1. The topological polar surface area (TPSA) is 92.8 Å². The Morgan fingerprint density at radius 1 is 0.943 bits per heavy atom. The molecule has 2 saturated carbocycles. The Morgan fingerprint density at radius 2 is 1.60 bits per heavy atom. The molecule has 5 aliphatic rings. The molecule has 3 fully saturated rings. The molecule has 7 heteroatoms. The van der Waals surface area contributed by atoms with E-state index in [0.717, 1.165) is 12.8 Å². The molecule has 6 atom stereocenters. The molecule has 1 saturated heterocycles. The van der Waals surface area contributed by atoms with Crippen LogP contribution in [0.25, 0.3) is 0 Å². The second-order valence-corrected chi connectivity index (χ2v) is 9.88. The number of imide groups is 1. The molecule has 1 aliphatic heterocycles. The van der Waals surface area contributed by atoms with Crippen molar-refractivity contribution in [2.75, 3.05) is 16.8 Å². The van der Waals surface area contributed by atoms with E-state index in [1.165, 1.54) is 4.90 Å². The maximum absolute atomic E-state index is 13.4. The maximum Gasteiger partial charge on any atom is 0.338 e. The first kappa shape index (κ1) is 21.8. The summed E-state index contributed by atoms with van der Waals surface area (Å²) in [5.41, 5.74) is 1.71. The van der Waals surface area contributed by atoms with E-state index in [1.807, 2.05) is 6.92 Å². The molecule has 0 unspecified atom stereocenters. The first-order valence-corrected chi connectivity index (χ1v) is 12.2. The summed E-state index contributed by atoms with van der Waals surface area (Å²) >= 11 is 0. The Labute approximate surface area is 203 Å². The molecule has 2 bridgehead atoms. The lowest BCUT2D eigenvalue weighted by atomic mass is 9.63. The Balaban J connectivity index is 1.18. The van der Waals surface area contributed by atoms with E-state index in [4.69, 9.17) is 4.74 Å². The molecule has 3 amide bonds. The number of ether oxygens (including phenoxy) is 1. The summed E-state index contributed by atoms with van der Waals surface area (Å²) in [5, 5.41) is 2.80. The monoisotopic (exact) mass is 470 g/mol. The molecule has 7 rings (SSSR count). The van der Waals surface area contributed by atoms with Gasteiger partial charge in [-0.3, -0.25) is 14.4 Å². The van der Waals surface area contributed by atoms with Gasteiger partial charge in [-0.1, -0.05) is 25.1 Å². The number of hydrogen-bond acceptors (Lipinski definition) is 5. The minimum absolute atomic E-state index is 0.146. The second-order valence-electron chi connectivity index (χ2n) is 9.88. The summed E-state index contributed by atoms with van der Waals surface area (Å²) in [6.07, 6.45) is 6.15. The van der Waals surface area contributed by atoms with Crippen LogP contribution in [0.15, 0.2) is 60.7 Å². The second kappa shape index (κ2) is 8.18. The number of nitrogens with one attached hydrogen (secondary N) is 1. The lowest BCUT2D eigenvalue weighted by Crippen LogP contribution is -2.40. The van der Waals surface area contributed by atoms with Crippen LogP contribution in [-0.2, 0) is 14.3 Å². The highest BCUT2D eigenvalue weighted by Crippen LogP contribution is 2.65. The molecule has 0 radical (unpaired) electrons. The van der Waals surface area contributed by atoms with Crippen molar-refractivity contribution >= 4 is 35.1 Å². The van der Waals surface area contributed by atoms with Crippen molar-refractivity contribution in [2.45, 2.75) is 19.8 Å². The van der Waals surface area contributed by atoms with Gasteiger partial charge in [0.2, 0.25) is 11.8 Å². The number of carbonyl (C=O) groups excluding carboxylic acids is 4. The highest BCUT2D eigenvalue weighted by Gasteiger charge is 2.67. The smallest absolute Gasteiger partial charge is 0.338 e. The van der Waals surface area contributed by atoms with Crippen molar-refractivity contribution in [3.8, 4) is 0 Å².